The minimum absolute atomic E-state index is 0.123. The average molecular weight is 408 g/mol. The molecule has 0 fully saturated rings. The van der Waals surface area contributed by atoms with Crippen LogP contribution in [0, 0.1) is 13.8 Å². The molecule has 1 heterocycles. The van der Waals surface area contributed by atoms with Gasteiger partial charge in [0.05, 0.1) is 24.5 Å². The van der Waals surface area contributed by atoms with Crippen molar-refractivity contribution in [2.75, 3.05) is 31.7 Å². The number of imide groups is 1. The molecule has 0 saturated carbocycles. The van der Waals surface area contributed by atoms with Gasteiger partial charge in [-0.05, 0) is 49.1 Å². The molecule has 30 heavy (non-hydrogen) atoms. The number of nitrogens with zero attached hydrogens (tertiary/aromatic N) is 2. The minimum Gasteiger partial charge on any atom is -0.494 e. The maximum absolute atomic E-state index is 13.5. The van der Waals surface area contributed by atoms with E-state index in [1.165, 1.54) is 4.90 Å². The molecule has 0 atom stereocenters. The van der Waals surface area contributed by atoms with Gasteiger partial charge in [0.25, 0.3) is 11.8 Å². The summed E-state index contributed by atoms with van der Waals surface area (Å²) in [5, 5.41) is 9.40. The molecule has 0 aliphatic carbocycles. The third-order valence-electron chi connectivity index (χ3n) is 5.22. The lowest BCUT2D eigenvalue weighted by molar-refractivity contribution is -0.120. The van der Waals surface area contributed by atoms with Gasteiger partial charge in [-0.2, -0.15) is 0 Å². The number of rotatable bonds is 8. The molecule has 0 unspecified atom stereocenters. The Morgan fingerprint density at radius 1 is 1.03 bits per heavy atom. The smallest absolute Gasteiger partial charge is 0.282 e. The van der Waals surface area contributed by atoms with E-state index in [0.717, 1.165) is 17.5 Å². The Morgan fingerprint density at radius 3 is 2.47 bits per heavy atom. The lowest BCUT2D eigenvalue weighted by Crippen LogP contribution is -2.34. The van der Waals surface area contributed by atoms with Crippen LogP contribution < -0.4 is 9.64 Å². The highest BCUT2D eigenvalue weighted by Crippen LogP contribution is 2.35. The highest BCUT2D eigenvalue weighted by atomic mass is 16.5. The SMILES string of the molecule is CCCOc1cccc(N2C(=O)C(c3ccc(C)c(C)c3)=C(N(C)CCO)C2=O)c1. The van der Waals surface area contributed by atoms with E-state index in [2.05, 4.69) is 0 Å². The van der Waals surface area contributed by atoms with Crippen molar-refractivity contribution in [1.82, 2.24) is 4.90 Å². The minimum atomic E-state index is -0.406. The summed E-state index contributed by atoms with van der Waals surface area (Å²) in [7, 11) is 1.71. The van der Waals surface area contributed by atoms with Crippen LogP contribution in [0.1, 0.15) is 30.0 Å². The number of benzene rings is 2. The summed E-state index contributed by atoms with van der Waals surface area (Å²) in [5.41, 5.74) is 3.94. The molecule has 2 aromatic rings. The maximum atomic E-state index is 13.5. The van der Waals surface area contributed by atoms with Crippen LogP contribution in [0.15, 0.2) is 48.2 Å². The number of aliphatic hydroxyl groups excluding tert-OH is 1. The third kappa shape index (κ3) is 4.09. The first-order valence-electron chi connectivity index (χ1n) is 10.1. The van der Waals surface area contributed by atoms with Crippen LogP contribution in [0.2, 0.25) is 0 Å². The number of amides is 2. The highest BCUT2D eigenvalue weighted by Gasteiger charge is 2.41. The number of hydrogen-bond acceptors (Lipinski definition) is 5. The summed E-state index contributed by atoms with van der Waals surface area (Å²) in [5.74, 6) is -0.174. The van der Waals surface area contributed by atoms with Crippen LogP contribution in [0.5, 0.6) is 5.75 Å². The van der Waals surface area contributed by atoms with E-state index in [1.807, 2.05) is 39.0 Å². The molecule has 0 bridgehead atoms. The van der Waals surface area contributed by atoms with E-state index < -0.39 is 5.91 Å². The fourth-order valence-electron chi connectivity index (χ4n) is 3.46. The second-order valence-corrected chi connectivity index (χ2v) is 7.46. The van der Waals surface area contributed by atoms with Gasteiger partial charge in [0.15, 0.2) is 0 Å². The standard InChI is InChI=1S/C24H28N2O4/c1-5-13-30-20-8-6-7-19(15-20)26-23(28)21(18-10-9-16(2)17(3)14-18)22(24(26)29)25(4)11-12-27/h6-10,14-15,27H,5,11-13H2,1-4H3. The first-order chi connectivity index (χ1) is 14.4. The molecule has 2 aromatic carbocycles. The Labute approximate surface area is 177 Å². The lowest BCUT2D eigenvalue weighted by Gasteiger charge is -2.20. The largest absolute Gasteiger partial charge is 0.494 e. The topological polar surface area (TPSA) is 70.1 Å². The predicted octanol–water partition coefficient (Wildman–Crippen LogP) is 3.30. The summed E-state index contributed by atoms with van der Waals surface area (Å²) < 4.78 is 5.67. The average Bonchev–Trinajstić information content (AvgIpc) is 2.99. The van der Waals surface area contributed by atoms with Gasteiger partial charge < -0.3 is 14.7 Å². The van der Waals surface area contributed by atoms with Gasteiger partial charge in [0.2, 0.25) is 0 Å². The first kappa shape index (κ1) is 21.6. The molecule has 0 saturated heterocycles. The van der Waals surface area contributed by atoms with Gasteiger partial charge >= 0.3 is 0 Å². The second-order valence-electron chi connectivity index (χ2n) is 7.46. The van der Waals surface area contributed by atoms with Crippen LogP contribution in [-0.4, -0.2) is 48.6 Å². The zero-order valence-electron chi connectivity index (χ0n) is 17.9. The van der Waals surface area contributed by atoms with E-state index in [4.69, 9.17) is 4.74 Å². The van der Waals surface area contributed by atoms with Gasteiger partial charge in [0, 0.05) is 19.7 Å². The van der Waals surface area contributed by atoms with Crippen molar-refractivity contribution < 1.29 is 19.4 Å². The molecule has 0 radical (unpaired) electrons. The fraction of sp³-hybridized carbons (Fsp3) is 0.333. The van der Waals surface area contributed by atoms with Crippen molar-refractivity contribution in [1.29, 1.82) is 0 Å². The Bertz CT molecular complexity index is 996. The molecule has 0 aromatic heterocycles. The Kier molecular flexibility index (Phi) is 6.57. The van der Waals surface area contributed by atoms with E-state index in [-0.39, 0.29) is 24.8 Å². The Balaban J connectivity index is 2.08. The van der Waals surface area contributed by atoms with E-state index in [9.17, 15) is 14.7 Å². The summed E-state index contributed by atoms with van der Waals surface area (Å²) in [6, 6.07) is 12.7. The van der Waals surface area contributed by atoms with Crippen LogP contribution in [0.3, 0.4) is 0 Å². The summed E-state index contributed by atoms with van der Waals surface area (Å²) in [6.07, 6.45) is 0.861. The quantitative estimate of drug-likeness (QED) is 0.679. The Hall–Kier alpha value is -3.12. The molecule has 2 amide bonds. The van der Waals surface area contributed by atoms with Gasteiger partial charge in [-0.25, -0.2) is 4.90 Å². The molecule has 1 aliphatic rings. The van der Waals surface area contributed by atoms with Crippen molar-refractivity contribution in [3.05, 3.63) is 64.9 Å². The zero-order chi connectivity index (χ0) is 21.8. The Morgan fingerprint density at radius 2 is 1.80 bits per heavy atom. The number of carbonyl (C=O) groups is 2. The first-order valence-corrected chi connectivity index (χ1v) is 10.1. The molecule has 3 rings (SSSR count). The zero-order valence-corrected chi connectivity index (χ0v) is 17.9. The molecular formula is C24H28N2O4. The van der Waals surface area contributed by atoms with Gasteiger partial charge in [-0.1, -0.05) is 31.2 Å². The predicted molar refractivity (Wildman–Crippen MR) is 117 cm³/mol. The fourth-order valence-corrected chi connectivity index (χ4v) is 3.46. The number of aliphatic hydroxyl groups is 1. The van der Waals surface area contributed by atoms with Crippen molar-refractivity contribution >= 4 is 23.1 Å². The number of ether oxygens (including phenoxy) is 1. The van der Waals surface area contributed by atoms with E-state index >= 15 is 0 Å². The molecule has 0 spiro atoms. The molecule has 158 valence electrons. The van der Waals surface area contributed by atoms with Crippen molar-refractivity contribution in [2.45, 2.75) is 27.2 Å². The molecule has 6 heteroatoms. The molecular weight excluding hydrogens is 380 g/mol. The van der Waals surface area contributed by atoms with Crippen LogP contribution in [0.25, 0.3) is 5.57 Å². The number of aryl methyl sites for hydroxylation is 2. The van der Waals surface area contributed by atoms with Crippen molar-refractivity contribution in [2.24, 2.45) is 0 Å². The summed E-state index contributed by atoms with van der Waals surface area (Å²) >= 11 is 0. The molecule has 6 nitrogen and oxygen atoms in total. The number of likely N-dealkylation sites (N-methyl/N-ethyl adjacent to an activating group) is 1. The van der Waals surface area contributed by atoms with Crippen LogP contribution >= 0.6 is 0 Å². The van der Waals surface area contributed by atoms with E-state index in [1.54, 1.807) is 36.2 Å². The molecule has 1 N–H and O–H groups in total. The van der Waals surface area contributed by atoms with E-state index in [0.29, 0.717) is 29.2 Å². The third-order valence-corrected chi connectivity index (χ3v) is 5.22. The number of hydrogen-bond donors (Lipinski definition) is 1. The molecule has 1 aliphatic heterocycles. The summed E-state index contributed by atoms with van der Waals surface area (Å²) in [4.78, 5) is 29.7. The monoisotopic (exact) mass is 408 g/mol. The van der Waals surface area contributed by atoms with Crippen LogP contribution in [0.4, 0.5) is 5.69 Å². The van der Waals surface area contributed by atoms with Gasteiger partial charge in [-0.3, -0.25) is 9.59 Å². The number of carbonyl (C=O) groups excluding carboxylic acids is 2. The normalized spacial score (nSPS) is 14.0. The van der Waals surface area contributed by atoms with Crippen molar-refractivity contribution in [3.63, 3.8) is 0 Å². The van der Waals surface area contributed by atoms with Gasteiger partial charge in [0.1, 0.15) is 11.4 Å². The number of anilines is 1. The maximum Gasteiger partial charge on any atom is 0.282 e. The summed E-state index contributed by atoms with van der Waals surface area (Å²) in [6.45, 7) is 6.67. The lowest BCUT2D eigenvalue weighted by atomic mass is 9.99. The second kappa shape index (κ2) is 9.13. The highest BCUT2D eigenvalue weighted by molar-refractivity contribution is 6.45. The van der Waals surface area contributed by atoms with Crippen LogP contribution in [-0.2, 0) is 9.59 Å². The van der Waals surface area contributed by atoms with Crippen molar-refractivity contribution in [3.8, 4) is 5.75 Å². The van der Waals surface area contributed by atoms with Gasteiger partial charge in [-0.15, -0.1) is 0 Å².